The van der Waals surface area contributed by atoms with Crippen LogP contribution in [0.3, 0.4) is 0 Å². The summed E-state index contributed by atoms with van der Waals surface area (Å²) in [6.07, 6.45) is 3.99. The van der Waals surface area contributed by atoms with Gasteiger partial charge in [-0.1, -0.05) is 18.2 Å². The van der Waals surface area contributed by atoms with Crippen LogP contribution in [0.4, 0.5) is 23.0 Å². The van der Waals surface area contributed by atoms with Gasteiger partial charge in [-0.15, -0.1) is 0 Å². The number of nitrogens with two attached hydrogens (primary N) is 1. The first-order valence-corrected chi connectivity index (χ1v) is 8.08. The van der Waals surface area contributed by atoms with E-state index >= 15 is 0 Å². The fraction of sp³-hybridized carbons (Fsp3) is 0.412. The summed E-state index contributed by atoms with van der Waals surface area (Å²) in [6.45, 7) is 4.41. The number of aromatic nitrogens is 2. The summed E-state index contributed by atoms with van der Waals surface area (Å²) >= 11 is 0. The maximum absolute atomic E-state index is 6.31. The zero-order valence-electron chi connectivity index (χ0n) is 13.4. The summed E-state index contributed by atoms with van der Waals surface area (Å²) < 4.78 is 5.63. The minimum Gasteiger partial charge on any atom is -0.393 e. The van der Waals surface area contributed by atoms with E-state index in [1.807, 2.05) is 30.3 Å². The lowest BCUT2D eigenvalue weighted by Crippen LogP contribution is -2.22. The van der Waals surface area contributed by atoms with Gasteiger partial charge in [-0.2, -0.15) is 0 Å². The van der Waals surface area contributed by atoms with Gasteiger partial charge >= 0.3 is 0 Å². The van der Waals surface area contributed by atoms with Crippen LogP contribution in [0.25, 0.3) is 0 Å². The smallest absolute Gasteiger partial charge is 0.161 e. The minimum atomic E-state index is 0.240. The van der Waals surface area contributed by atoms with Crippen molar-refractivity contribution < 1.29 is 4.74 Å². The number of nitrogen functional groups attached to an aromatic ring is 1. The molecule has 23 heavy (non-hydrogen) atoms. The Kier molecular flexibility index (Phi) is 4.92. The molecule has 1 unspecified atom stereocenters. The molecule has 6 heteroatoms. The molecular weight excluding hydrogens is 290 g/mol. The highest BCUT2D eigenvalue weighted by Gasteiger charge is 2.18. The third kappa shape index (κ3) is 3.53. The lowest BCUT2D eigenvalue weighted by Gasteiger charge is -2.24. The molecule has 1 fully saturated rings. The Morgan fingerprint density at radius 1 is 1.30 bits per heavy atom. The highest BCUT2D eigenvalue weighted by Crippen LogP contribution is 2.31. The topological polar surface area (TPSA) is 76.3 Å². The van der Waals surface area contributed by atoms with E-state index in [0.717, 1.165) is 44.0 Å². The SMILES string of the molecule is CCN(c1ccccc1)c1ncnc(NCC2CCCO2)c1N. The highest BCUT2D eigenvalue weighted by molar-refractivity contribution is 5.79. The van der Waals surface area contributed by atoms with Crippen LogP contribution in [0.5, 0.6) is 0 Å². The van der Waals surface area contributed by atoms with Gasteiger partial charge in [-0.25, -0.2) is 9.97 Å². The molecule has 3 rings (SSSR count). The molecule has 3 N–H and O–H groups in total. The number of para-hydroxylation sites is 1. The number of anilines is 4. The normalized spacial score (nSPS) is 17.2. The fourth-order valence-electron chi connectivity index (χ4n) is 2.82. The number of rotatable bonds is 6. The first-order chi connectivity index (χ1) is 11.3. The van der Waals surface area contributed by atoms with Gasteiger partial charge in [0, 0.05) is 25.4 Å². The Morgan fingerprint density at radius 3 is 2.83 bits per heavy atom. The van der Waals surface area contributed by atoms with Crippen LogP contribution in [0, 0.1) is 0 Å². The quantitative estimate of drug-likeness (QED) is 0.854. The standard InChI is InChI=1S/C17H23N5O/c1-2-22(13-7-4-3-5-8-13)17-15(18)16(20-12-21-17)19-11-14-9-6-10-23-14/h3-5,7-8,12,14H,2,6,9-11,18H2,1H3,(H,19,20,21). The zero-order valence-corrected chi connectivity index (χ0v) is 13.4. The fourth-order valence-corrected chi connectivity index (χ4v) is 2.82. The molecule has 0 saturated carbocycles. The molecule has 1 aromatic carbocycles. The Morgan fingerprint density at radius 2 is 2.13 bits per heavy atom. The summed E-state index contributed by atoms with van der Waals surface area (Å²) in [6, 6.07) is 10.1. The number of nitrogens with zero attached hydrogens (tertiary/aromatic N) is 3. The summed E-state index contributed by atoms with van der Waals surface area (Å²) in [5, 5.41) is 3.30. The average molecular weight is 313 g/mol. The molecular formula is C17H23N5O. The second kappa shape index (κ2) is 7.28. The molecule has 0 radical (unpaired) electrons. The minimum absolute atomic E-state index is 0.240. The summed E-state index contributed by atoms with van der Waals surface area (Å²) in [5.41, 5.74) is 7.94. The Labute approximate surface area is 136 Å². The van der Waals surface area contributed by atoms with Gasteiger partial charge in [0.15, 0.2) is 11.6 Å². The van der Waals surface area contributed by atoms with E-state index in [4.69, 9.17) is 10.5 Å². The van der Waals surface area contributed by atoms with Crippen molar-refractivity contribution in [3.05, 3.63) is 36.7 Å². The number of hydrogen-bond acceptors (Lipinski definition) is 6. The van der Waals surface area contributed by atoms with Crippen LogP contribution in [-0.2, 0) is 4.74 Å². The van der Waals surface area contributed by atoms with Crippen molar-refractivity contribution in [2.45, 2.75) is 25.9 Å². The Hall–Kier alpha value is -2.34. The predicted octanol–water partition coefficient (Wildman–Crippen LogP) is 2.81. The van der Waals surface area contributed by atoms with E-state index in [9.17, 15) is 0 Å². The molecule has 1 aromatic heterocycles. The molecule has 0 spiro atoms. The molecule has 1 aliphatic rings. The van der Waals surface area contributed by atoms with E-state index in [1.54, 1.807) is 6.33 Å². The number of ether oxygens (including phenoxy) is 1. The number of benzene rings is 1. The van der Waals surface area contributed by atoms with Crippen molar-refractivity contribution in [3.63, 3.8) is 0 Å². The summed E-state index contributed by atoms with van der Waals surface area (Å²) in [7, 11) is 0. The van der Waals surface area contributed by atoms with Crippen molar-refractivity contribution in [3.8, 4) is 0 Å². The summed E-state index contributed by atoms with van der Waals surface area (Å²) in [4.78, 5) is 10.7. The maximum atomic E-state index is 6.31. The summed E-state index contributed by atoms with van der Waals surface area (Å²) in [5.74, 6) is 1.39. The molecule has 2 aromatic rings. The van der Waals surface area contributed by atoms with Gasteiger partial charge in [0.2, 0.25) is 0 Å². The molecule has 1 atom stereocenters. The van der Waals surface area contributed by atoms with Crippen LogP contribution in [-0.4, -0.2) is 35.8 Å². The number of hydrogen-bond donors (Lipinski definition) is 2. The lowest BCUT2D eigenvalue weighted by molar-refractivity contribution is 0.120. The van der Waals surface area contributed by atoms with Gasteiger partial charge < -0.3 is 20.7 Å². The van der Waals surface area contributed by atoms with Crippen molar-refractivity contribution in [1.82, 2.24) is 9.97 Å². The second-order valence-electron chi connectivity index (χ2n) is 5.56. The first-order valence-electron chi connectivity index (χ1n) is 8.08. The molecule has 1 aliphatic heterocycles. The molecule has 0 amide bonds. The van der Waals surface area contributed by atoms with Crippen molar-refractivity contribution in [2.75, 3.05) is 35.6 Å². The van der Waals surface area contributed by atoms with E-state index < -0.39 is 0 Å². The van der Waals surface area contributed by atoms with Crippen molar-refractivity contribution >= 4 is 23.0 Å². The third-order valence-corrected chi connectivity index (χ3v) is 4.02. The third-order valence-electron chi connectivity index (χ3n) is 4.02. The van der Waals surface area contributed by atoms with E-state index in [0.29, 0.717) is 11.5 Å². The molecule has 1 saturated heterocycles. The van der Waals surface area contributed by atoms with E-state index in [-0.39, 0.29) is 6.10 Å². The average Bonchev–Trinajstić information content (AvgIpc) is 3.10. The lowest BCUT2D eigenvalue weighted by atomic mass is 10.2. The van der Waals surface area contributed by atoms with Gasteiger partial charge in [-0.05, 0) is 31.9 Å². The van der Waals surface area contributed by atoms with Crippen LogP contribution >= 0.6 is 0 Å². The largest absolute Gasteiger partial charge is 0.393 e. The van der Waals surface area contributed by atoms with Crippen LogP contribution in [0.15, 0.2) is 36.7 Å². The van der Waals surface area contributed by atoms with Gasteiger partial charge in [0.05, 0.1) is 6.10 Å². The molecule has 2 heterocycles. The van der Waals surface area contributed by atoms with Crippen molar-refractivity contribution in [2.24, 2.45) is 0 Å². The van der Waals surface area contributed by atoms with E-state index in [1.165, 1.54) is 0 Å². The van der Waals surface area contributed by atoms with Crippen LogP contribution in [0.2, 0.25) is 0 Å². The van der Waals surface area contributed by atoms with Crippen molar-refractivity contribution in [1.29, 1.82) is 0 Å². The first kappa shape index (κ1) is 15.6. The van der Waals surface area contributed by atoms with Crippen LogP contribution < -0.4 is 16.0 Å². The predicted molar refractivity (Wildman–Crippen MR) is 93.0 cm³/mol. The monoisotopic (exact) mass is 313 g/mol. The zero-order chi connectivity index (χ0) is 16.1. The molecule has 6 nitrogen and oxygen atoms in total. The molecule has 122 valence electrons. The van der Waals surface area contributed by atoms with Crippen LogP contribution in [0.1, 0.15) is 19.8 Å². The Balaban J connectivity index is 1.80. The Bertz CT molecular complexity index is 628. The van der Waals surface area contributed by atoms with Gasteiger partial charge in [0.1, 0.15) is 12.0 Å². The molecule has 0 aliphatic carbocycles. The number of nitrogens with one attached hydrogen (secondary N) is 1. The molecule has 0 bridgehead atoms. The van der Waals surface area contributed by atoms with E-state index in [2.05, 4.69) is 27.1 Å². The maximum Gasteiger partial charge on any atom is 0.161 e. The van der Waals surface area contributed by atoms with Gasteiger partial charge in [-0.3, -0.25) is 0 Å². The van der Waals surface area contributed by atoms with Gasteiger partial charge in [0.25, 0.3) is 0 Å². The second-order valence-corrected chi connectivity index (χ2v) is 5.56. The highest BCUT2D eigenvalue weighted by atomic mass is 16.5.